The van der Waals surface area contributed by atoms with Crippen molar-refractivity contribution in [1.82, 2.24) is 14.3 Å². The van der Waals surface area contributed by atoms with Crippen molar-refractivity contribution in [3.8, 4) is 11.8 Å². The molecule has 0 unspecified atom stereocenters. The molecule has 3 rings (SSSR count). The van der Waals surface area contributed by atoms with Crippen molar-refractivity contribution < 1.29 is 13.9 Å². The number of carbonyl (C=O) groups is 1. The molecular formula is C20H18FN5O3S. The van der Waals surface area contributed by atoms with Crippen molar-refractivity contribution >= 4 is 23.1 Å². The zero-order valence-corrected chi connectivity index (χ0v) is 16.6. The topological polar surface area (TPSA) is 118 Å². The molecule has 0 aliphatic rings. The number of benzene rings is 1. The van der Waals surface area contributed by atoms with E-state index < -0.39 is 11.8 Å². The number of nitrogens with two attached hydrogens (primary N) is 2. The van der Waals surface area contributed by atoms with Gasteiger partial charge in [-0.1, -0.05) is 17.9 Å². The Morgan fingerprint density at radius 1 is 1.30 bits per heavy atom. The summed E-state index contributed by atoms with van der Waals surface area (Å²) < 4.78 is 19.9. The van der Waals surface area contributed by atoms with Crippen LogP contribution in [-0.4, -0.2) is 27.0 Å². The maximum atomic E-state index is 12.9. The number of aromatic nitrogens is 3. The third-order valence-electron chi connectivity index (χ3n) is 3.91. The number of primary amides is 1. The van der Waals surface area contributed by atoms with Crippen molar-refractivity contribution in [2.24, 2.45) is 5.73 Å². The van der Waals surface area contributed by atoms with Gasteiger partial charge in [-0.05, 0) is 30.3 Å². The first-order valence-electron chi connectivity index (χ1n) is 8.73. The highest BCUT2D eigenvalue weighted by molar-refractivity contribution is 7.12. The Balaban J connectivity index is 1.67. The van der Waals surface area contributed by atoms with Gasteiger partial charge in [0.25, 0.3) is 0 Å². The van der Waals surface area contributed by atoms with Gasteiger partial charge < -0.3 is 16.2 Å². The Kier molecular flexibility index (Phi) is 6.67. The van der Waals surface area contributed by atoms with Crippen LogP contribution in [0.1, 0.15) is 15.3 Å². The summed E-state index contributed by atoms with van der Waals surface area (Å²) in [6, 6.07) is 11.1. The molecular weight excluding hydrogens is 409 g/mol. The van der Waals surface area contributed by atoms with Gasteiger partial charge in [0.1, 0.15) is 12.9 Å². The minimum Gasteiger partial charge on any atom is -0.445 e. The Morgan fingerprint density at radius 3 is 2.87 bits per heavy atom. The van der Waals surface area contributed by atoms with Crippen molar-refractivity contribution in [3.05, 3.63) is 80.4 Å². The molecule has 30 heavy (non-hydrogen) atoms. The van der Waals surface area contributed by atoms with E-state index >= 15 is 0 Å². The first kappa shape index (κ1) is 20.9. The molecule has 2 heterocycles. The van der Waals surface area contributed by atoms with Gasteiger partial charge in [-0.3, -0.25) is 4.57 Å². The molecule has 8 nitrogen and oxygen atoms in total. The van der Waals surface area contributed by atoms with Gasteiger partial charge in [0.05, 0.1) is 24.3 Å². The van der Waals surface area contributed by atoms with Crippen LogP contribution in [0.5, 0.6) is 0 Å². The first-order chi connectivity index (χ1) is 14.4. The van der Waals surface area contributed by atoms with Gasteiger partial charge in [-0.2, -0.15) is 5.10 Å². The molecule has 0 spiro atoms. The first-order valence-corrected chi connectivity index (χ1v) is 9.55. The lowest BCUT2D eigenvalue weighted by molar-refractivity contribution is 0.164. The van der Waals surface area contributed by atoms with Crippen LogP contribution in [0, 0.1) is 11.8 Å². The maximum absolute atomic E-state index is 12.9. The summed E-state index contributed by atoms with van der Waals surface area (Å²) in [7, 11) is 0. The molecule has 0 aliphatic heterocycles. The molecule has 1 aromatic carbocycles. The van der Waals surface area contributed by atoms with Gasteiger partial charge in [0.2, 0.25) is 0 Å². The number of nitrogens with zero attached hydrogens (tertiary/aromatic N) is 3. The Hall–Kier alpha value is -3.84. The Bertz CT molecular complexity index is 1200. The number of anilines is 1. The lowest BCUT2D eigenvalue weighted by Gasteiger charge is -2.05. The zero-order chi connectivity index (χ0) is 21.5. The summed E-state index contributed by atoms with van der Waals surface area (Å²) in [5, 5.41) is 3.97. The monoisotopic (exact) mass is 427 g/mol. The normalized spacial score (nSPS) is 11.0. The third kappa shape index (κ3) is 5.59. The van der Waals surface area contributed by atoms with Crippen molar-refractivity contribution in [2.75, 3.05) is 12.3 Å². The molecule has 10 heteroatoms. The lowest BCUT2D eigenvalue weighted by Crippen LogP contribution is -2.26. The van der Waals surface area contributed by atoms with E-state index in [1.54, 1.807) is 12.1 Å². The van der Waals surface area contributed by atoms with E-state index in [1.807, 2.05) is 24.3 Å². The Morgan fingerprint density at radius 2 is 2.13 bits per heavy atom. The smallest absolute Gasteiger partial charge is 0.404 e. The Labute approximate surface area is 175 Å². The number of nitrogen functional groups attached to an aromatic ring is 1. The van der Waals surface area contributed by atoms with E-state index in [2.05, 4.69) is 21.7 Å². The molecule has 0 saturated carbocycles. The van der Waals surface area contributed by atoms with Crippen LogP contribution in [0.3, 0.4) is 0 Å². The predicted molar refractivity (Wildman–Crippen MR) is 111 cm³/mol. The summed E-state index contributed by atoms with van der Waals surface area (Å²) in [6.45, 7) is -0.210. The number of amides is 1. The second-order valence-corrected chi connectivity index (χ2v) is 7.38. The van der Waals surface area contributed by atoms with E-state index in [-0.39, 0.29) is 25.1 Å². The molecule has 2 aromatic heterocycles. The lowest BCUT2D eigenvalue weighted by atomic mass is 10.2. The van der Waals surface area contributed by atoms with Crippen molar-refractivity contribution in [3.63, 3.8) is 0 Å². The average molecular weight is 427 g/mol. The minimum atomic E-state index is -1.03. The zero-order valence-electron chi connectivity index (χ0n) is 15.7. The maximum Gasteiger partial charge on any atom is 0.404 e. The van der Waals surface area contributed by atoms with Crippen LogP contribution in [0.25, 0.3) is 0 Å². The highest BCUT2D eigenvalue weighted by Gasteiger charge is 2.10. The van der Waals surface area contributed by atoms with E-state index in [0.717, 1.165) is 20.0 Å². The van der Waals surface area contributed by atoms with Gasteiger partial charge in [-0.15, -0.1) is 11.3 Å². The van der Waals surface area contributed by atoms with Crippen LogP contribution in [0.2, 0.25) is 0 Å². The predicted octanol–water partition coefficient (Wildman–Crippen LogP) is 2.09. The number of hydrogen-bond acceptors (Lipinski definition) is 6. The highest BCUT2D eigenvalue weighted by Crippen LogP contribution is 2.16. The molecule has 0 bridgehead atoms. The molecule has 1 amide bonds. The molecule has 154 valence electrons. The quantitative estimate of drug-likeness (QED) is 0.461. The van der Waals surface area contributed by atoms with Crippen molar-refractivity contribution in [2.45, 2.75) is 13.1 Å². The number of ether oxygens (including phenoxy) is 1. The van der Waals surface area contributed by atoms with Gasteiger partial charge in [0.15, 0.2) is 0 Å². The standard InChI is InChI=1S/C20H18FN5O3S/c21-9-15(12-29-19(23)27)10-26-20(28)25(13-24-26)11-18-7-6-17(30-18)5-4-14-2-1-3-16(22)8-14/h1-3,6-9,13H,10-12,22H2,(H2,23,27). The van der Waals surface area contributed by atoms with Crippen LogP contribution >= 0.6 is 11.3 Å². The van der Waals surface area contributed by atoms with Gasteiger partial charge in [-0.25, -0.2) is 18.7 Å². The number of hydrogen-bond donors (Lipinski definition) is 2. The van der Waals surface area contributed by atoms with Crippen LogP contribution in [0.4, 0.5) is 14.9 Å². The summed E-state index contributed by atoms with van der Waals surface area (Å²) >= 11 is 1.45. The minimum absolute atomic E-state index is 0.0522. The SMILES string of the molecule is NC(=O)OCC(=CF)Cn1ncn(Cc2ccc(C#Cc3cccc(N)c3)s2)c1=O. The molecule has 0 aliphatic carbocycles. The fraction of sp³-hybridized carbons (Fsp3) is 0.150. The molecule has 0 saturated heterocycles. The van der Waals surface area contributed by atoms with Crippen LogP contribution in [0.15, 0.2) is 59.4 Å². The summed E-state index contributed by atoms with van der Waals surface area (Å²) in [5.41, 5.74) is 11.7. The molecule has 0 atom stereocenters. The number of carbonyl (C=O) groups excluding carboxylic acids is 1. The number of rotatable bonds is 6. The number of halogens is 1. The van der Waals surface area contributed by atoms with Crippen molar-refractivity contribution in [1.29, 1.82) is 0 Å². The van der Waals surface area contributed by atoms with E-state index in [1.165, 1.54) is 22.2 Å². The molecule has 0 fully saturated rings. The highest BCUT2D eigenvalue weighted by atomic mass is 32.1. The summed E-state index contributed by atoms with van der Waals surface area (Å²) in [5.74, 6) is 6.13. The van der Waals surface area contributed by atoms with E-state index in [0.29, 0.717) is 12.2 Å². The second-order valence-electron chi connectivity index (χ2n) is 6.22. The van der Waals surface area contributed by atoms with Crippen LogP contribution < -0.4 is 17.2 Å². The van der Waals surface area contributed by atoms with E-state index in [4.69, 9.17) is 11.5 Å². The number of thiophene rings is 1. The summed E-state index contributed by atoms with van der Waals surface area (Å²) in [6.07, 6.45) is 0.601. The summed E-state index contributed by atoms with van der Waals surface area (Å²) in [4.78, 5) is 24.9. The van der Waals surface area contributed by atoms with Gasteiger partial charge in [0, 0.05) is 21.7 Å². The largest absolute Gasteiger partial charge is 0.445 e. The van der Waals surface area contributed by atoms with E-state index in [9.17, 15) is 14.0 Å². The molecule has 4 N–H and O–H groups in total. The fourth-order valence-electron chi connectivity index (χ4n) is 2.50. The molecule has 3 aromatic rings. The average Bonchev–Trinajstić information content (AvgIpc) is 3.31. The van der Waals surface area contributed by atoms with Gasteiger partial charge >= 0.3 is 11.8 Å². The second kappa shape index (κ2) is 9.58. The van der Waals surface area contributed by atoms with Crippen LogP contribution in [-0.2, 0) is 17.8 Å². The molecule has 0 radical (unpaired) electrons. The fourth-order valence-corrected chi connectivity index (χ4v) is 3.36. The third-order valence-corrected chi connectivity index (χ3v) is 4.89.